The Morgan fingerprint density at radius 1 is 0.655 bits per heavy atom. The molecule has 3 aromatic rings. The third kappa shape index (κ3) is 4.38. The van der Waals surface area contributed by atoms with Gasteiger partial charge in [-0.2, -0.15) is 0 Å². The number of carbonyl (C=O) groups excluding carboxylic acids is 2. The summed E-state index contributed by atoms with van der Waals surface area (Å²) in [7, 11) is 2.70. The van der Waals surface area contributed by atoms with Crippen LogP contribution >= 0.6 is 0 Å². The van der Waals surface area contributed by atoms with Gasteiger partial charge in [-0.25, -0.2) is 9.59 Å². The Morgan fingerprint density at radius 3 is 1.69 bits per heavy atom. The third-order valence-electron chi connectivity index (χ3n) is 4.47. The number of carbonyl (C=O) groups is 2. The summed E-state index contributed by atoms with van der Waals surface area (Å²) in [5.41, 5.74) is 4.60. The van der Waals surface area contributed by atoms with E-state index in [0.717, 1.165) is 16.9 Å². The number of rotatable bonds is 6. The molecule has 2 N–H and O–H groups in total. The van der Waals surface area contributed by atoms with Crippen molar-refractivity contribution in [3.05, 3.63) is 83.4 Å². The molecule has 0 heterocycles. The van der Waals surface area contributed by atoms with Crippen LogP contribution < -0.4 is 10.6 Å². The number of benzene rings is 3. The standard InChI is InChI=1S/C23H22N2O4/c1-15-9-8-14-20(24-18-12-6-4-10-16(18)22(26)28-2)21(15)25-19-13-7-5-11-17(19)23(27)29-3/h4-14,24-25H,1-3H3. The minimum atomic E-state index is -0.425. The van der Waals surface area contributed by atoms with Crippen molar-refractivity contribution in [3.8, 4) is 0 Å². The molecule has 0 spiro atoms. The molecule has 6 nitrogen and oxygen atoms in total. The van der Waals surface area contributed by atoms with Crippen LogP contribution in [-0.4, -0.2) is 26.2 Å². The van der Waals surface area contributed by atoms with Crippen molar-refractivity contribution in [1.29, 1.82) is 0 Å². The zero-order chi connectivity index (χ0) is 20.8. The lowest BCUT2D eigenvalue weighted by atomic mass is 10.1. The number of aryl methyl sites for hydroxylation is 1. The van der Waals surface area contributed by atoms with Crippen molar-refractivity contribution in [2.45, 2.75) is 6.92 Å². The van der Waals surface area contributed by atoms with E-state index < -0.39 is 11.9 Å². The summed E-state index contributed by atoms with van der Waals surface area (Å²) in [5, 5.41) is 6.63. The lowest BCUT2D eigenvalue weighted by molar-refractivity contribution is 0.0593. The molecule has 0 saturated heterocycles. The van der Waals surface area contributed by atoms with Crippen molar-refractivity contribution in [1.82, 2.24) is 0 Å². The Bertz CT molecular complexity index is 1050. The lowest BCUT2D eigenvalue weighted by Gasteiger charge is -2.19. The molecular weight excluding hydrogens is 368 g/mol. The predicted octanol–water partition coefficient (Wildman–Crippen LogP) is 5.06. The average Bonchev–Trinajstić information content (AvgIpc) is 2.75. The first-order valence-electron chi connectivity index (χ1n) is 9.03. The number of esters is 2. The minimum absolute atomic E-state index is 0.424. The van der Waals surface area contributed by atoms with Gasteiger partial charge in [0.15, 0.2) is 0 Å². The van der Waals surface area contributed by atoms with Crippen LogP contribution in [0.4, 0.5) is 22.7 Å². The Hall–Kier alpha value is -3.80. The number of anilines is 4. The summed E-state index contributed by atoms with van der Waals surface area (Å²) in [6.07, 6.45) is 0. The summed E-state index contributed by atoms with van der Waals surface area (Å²) in [5.74, 6) is -0.849. The molecule has 0 aromatic heterocycles. The normalized spacial score (nSPS) is 10.2. The van der Waals surface area contributed by atoms with E-state index in [4.69, 9.17) is 9.47 Å². The molecule has 0 aliphatic carbocycles. The zero-order valence-electron chi connectivity index (χ0n) is 16.5. The smallest absolute Gasteiger partial charge is 0.339 e. The van der Waals surface area contributed by atoms with E-state index in [0.29, 0.717) is 22.5 Å². The van der Waals surface area contributed by atoms with Gasteiger partial charge in [-0.1, -0.05) is 36.4 Å². The van der Waals surface area contributed by atoms with Gasteiger partial charge in [-0.05, 0) is 42.8 Å². The summed E-state index contributed by atoms with van der Waals surface area (Å²) in [6, 6.07) is 20.0. The second kappa shape index (κ2) is 8.93. The van der Waals surface area contributed by atoms with Crippen LogP contribution in [0, 0.1) is 6.92 Å². The van der Waals surface area contributed by atoms with E-state index >= 15 is 0 Å². The second-order valence-electron chi connectivity index (χ2n) is 6.32. The molecule has 0 radical (unpaired) electrons. The molecule has 0 fully saturated rings. The molecule has 0 aliphatic rings. The molecule has 0 amide bonds. The first kappa shape index (κ1) is 19.9. The Balaban J connectivity index is 2.01. The highest BCUT2D eigenvalue weighted by molar-refractivity contribution is 5.99. The average molecular weight is 390 g/mol. The molecule has 0 bridgehead atoms. The van der Waals surface area contributed by atoms with Gasteiger partial charge in [0.2, 0.25) is 0 Å². The fourth-order valence-electron chi connectivity index (χ4n) is 2.98. The number of para-hydroxylation sites is 3. The molecular formula is C23H22N2O4. The van der Waals surface area contributed by atoms with Crippen LogP contribution in [-0.2, 0) is 9.47 Å². The van der Waals surface area contributed by atoms with Gasteiger partial charge < -0.3 is 20.1 Å². The monoisotopic (exact) mass is 390 g/mol. The first-order chi connectivity index (χ1) is 14.0. The number of hydrogen-bond donors (Lipinski definition) is 2. The second-order valence-corrected chi connectivity index (χ2v) is 6.32. The van der Waals surface area contributed by atoms with Crippen LogP contribution in [0.1, 0.15) is 26.3 Å². The van der Waals surface area contributed by atoms with Crippen molar-refractivity contribution in [2.75, 3.05) is 24.9 Å². The maximum Gasteiger partial charge on any atom is 0.339 e. The van der Waals surface area contributed by atoms with Gasteiger partial charge in [-0.3, -0.25) is 0 Å². The largest absolute Gasteiger partial charge is 0.465 e. The lowest BCUT2D eigenvalue weighted by Crippen LogP contribution is -2.08. The molecule has 29 heavy (non-hydrogen) atoms. The molecule has 0 aliphatic heterocycles. The van der Waals surface area contributed by atoms with E-state index in [1.165, 1.54) is 14.2 Å². The van der Waals surface area contributed by atoms with E-state index in [-0.39, 0.29) is 0 Å². The van der Waals surface area contributed by atoms with E-state index in [2.05, 4.69) is 10.6 Å². The van der Waals surface area contributed by atoms with Crippen LogP contribution in [0.3, 0.4) is 0 Å². The number of methoxy groups -OCH3 is 2. The van der Waals surface area contributed by atoms with Gasteiger partial charge in [0.25, 0.3) is 0 Å². The van der Waals surface area contributed by atoms with Crippen LogP contribution in [0.15, 0.2) is 66.7 Å². The number of ether oxygens (including phenoxy) is 2. The van der Waals surface area contributed by atoms with Gasteiger partial charge in [0.1, 0.15) is 0 Å². The maximum absolute atomic E-state index is 12.1. The summed E-state index contributed by atoms with van der Waals surface area (Å²) in [6.45, 7) is 1.96. The van der Waals surface area contributed by atoms with Gasteiger partial charge in [0.05, 0.1) is 48.1 Å². The molecule has 6 heteroatoms. The zero-order valence-corrected chi connectivity index (χ0v) is 16.5. The molecule has 0 unspecified atom stereocenters. The van der Waals surface area contributed by atoms with E-state index in [9.17, 15) is 9.59 Å². The molecule has 3 aromatic carbocycles. The highest BCUT2D eigenvalue weighted by Crippen LogP contribution is 2.33. The van der Waals surface area contributed by atoms with Crippen molar-refractivity contribution in [3.63, 3.8) is 0 Å². The van der Waals surface area contributed by atoms with Crippen molar-refractivity contribution < 1.29 is 19.1 Å². The maximum atomic E-state index is 12.1. The van der Waals surface area contributed by atoms with Crippen molar-refractivity contribution in [2.24, 2.45) is 0 Å². The van der Waals surface area contributed by atoms with Gasteiger partial charge >= 0.3 is 11.9 Å². The van der Waals surface area contributed by atoms with Crippen molar-refractivity contribution >= 4 is 34.7 Å². The van der Waals surface area contributed by atoms with E-state index in [1.807, 2.05) is 43.3 Å². The number of nitrogens with one attached hydrogen (secondary N) is 2. The summed E-state index contributed by atoms with van der Waals surface area (Å²) >= 11 is 0. The van der Waals surface area contributed by atoms with E-state index in [1.54, 1.807) is 30.3 Å². The highest BCUT2D eigenvalue weighted by atomic mass is 16.5. The predicted molar refractivity (Wildman–Crippen MR) is 113 cm³/mol. The minimum Gasteiger partial charge on any atom is -0.465 e. The van der Waals surface area contributed by atoms with Gasteiger partial charge in [-0.15, -0.1) is 0 Å². The summed E-state index contributed by atoms with van der Waals surface area (Å²) < 4.78 is 9.75. The first-order valence-corrected chi connectivity index (χ1v) is 9.03. The Kier molecular flexibility index (Phi) is 6.14. The molecule has 3 rings (SSSR count). The topological polar surface area (TPSA) is 76.7 Å². The Morgan fingerprint density at radius 2 is 1.14 bits per heavy atom. The highest BCUT2D eigenvalue weighted by Gasteiger charge is 2.16. The third-order valence-corrected chi connectivity index (χ3v) is 4.47. The van der Waals surface area contributed by atoms with Crippen LogP contribution in [0.25, 0.3) is 0 Å². The summed E-state index contributed by atoms with van der Waals surface area (Å²) in [4.78, 5) is 24.2. The van der Waals surface area contributed by atoms with Crippen LogP contribution in [0.5, 0.6) is 0 Å². The van der Waals surface area contributed by atoms with Crippen LogP contribution in [0.2, 0.25) is 0 Å². The molecule has 0 saturated carbocycles. The fourth-order valence-corrected chi connectivity index (χ4v) is 2.98. The quantitative estimate of drug-likeness (QED) is 0.573. The SMILES string of the molecule is COC(=O)c1ccccc1Nc1cccc(C)c1Nc1ccccc1C(=O)OC. The fraction of sp³-hybridized carbons (Fsp3) is 0.130. The van der Waals surface area contributed by atoms with Gasteiger partial charge in [0, 0.05) is 0 Å². The Labute approximate surface area is 169 Å². The molecule has 0 atom stereocenters. The number of hydrogen-bond acceptors (Lipinski definition) is 6. The molecule has 148 valence electrons.